The molecule has 0 bridgehead atoms. The number of benzene rings is 3. The largest absolute Gasteiger partial charge is 0.324 e. The van der Waals surface area contributed by atoms with Crippen molar-refractivity contribution in [1.82, 2.24) is 20.2 Å². The van der Waals surface area contributed by atoms with E-state index in [1.807, 2.05) is 42.5 Å². The molecule has 0 atom stereocenters. The average Bonchev–Trinajstić information content (AvgIpc) is 3.23. The van der Waals surface area contributed by atoms with Crippen LogP contribution in [0.2, 0.25) is 0 Å². The van der Waals surface area contributed by atoms with E-state index >= 15 is 0 Å². The van der Waals surface area contributed by atoms with E-state index in [-0.39, 0.29) is 6.54 Å². The van der Waals surface area contributed by atoms with E-state index in [2.05, 4.69) is 31.8 Å². The lowest BCUT2D eigenvalue weighted by atomic mass is 10.1. The van der Waals surface area contributed by atoms with Crippen molar-refractivity contribution in [3.63, 3.8) is 0 Å². The molecule has 136 valence electrons. The van der Waals surface area contributed by atoms with Crippen LogP contribution >= 0.6 is 0 Å². The quantitative estimate of drug-likeness (QED) is 0.424. The predicted molar refractivity (Wildman–Crippen MR) is 107 cm³/mol. The van der Waals surface area contributed by atoms with Crippen molar-refractivity contribution < 1.29 is 0 Å². The molecular formula is C20H16N8. The molecule has 0 radical (unpaired) electrons. The smallest absolute Gasteiger partial charge is 0.249 e. The highest BCUT2D eigenvalue weighted by Crippen LogP contribution is 2.23. The van der Waals surface area contributed by atoms with Gasteiger partial charge in [-0.25, -0.2) is 4.99 Å². The van der Waals surface area contributed by atoms with Gasteiger partial charge in [0.15, 0.2) is 5.82 Å². The van der Waals surface area contributed by atoms with Gasteiger partial charge in [0.2, 0.25) is 5.96 Å². The molecule has 4 aromatic rings. The van der Waals surface area contributed by atoms with Crippen molar-refractivity contribution in [3.8, 4) is 6.07 Å². The maximum absolute atomic E-state index is 8.97. The molecule has 0 aliphatic rings. The number of nitrogens with one attached hydrogen (secondary N) is 1. The van der Waals surface area contributed by atoms with Gasteiger partial charge in [0.1, 0.15) is 0 Å². The Hall–Kier alpha value is -4.09. The van der Waals surface area contributed by atoms with Gasteiger partial charge in [-0.3, -0.25) is 0 Å². The van der Waals surface area contributed by atoms with Gasteiger partial charge in [-0.1, -0.05) is 41.2 Å². The molecule has 0 amide bonds. The summed E-state index contributed by atoms with van der Waals surface area (Å²) in [5.74, 6) is 0.778. The van der Waals surface area contributed by atoms with Crippen molar-refractivity contribution in [2.24, 2.45) is 10.7 Å². The molecule has 0 aliphatic carbocycles. The number of aromatic nitrogens is 4. The second-order valence-corrected chi connectivity index (χ2v) is 5.95. The Labute approximate surface area is 160 Å². The van der Waals surface area contributed by atoms with E-state index in [4.69, 9.17) is 11.0 Å². The highest BCUT2D eigenvalue weighted by Gasteiger charge is 2.11. The normalized spacial score (nSPS) is 11.4. The zero-order valence-electron chi connectivity index (χ0n) is 14.8. The number of aliphatic imine (C=N–C) groups is 1. The molecule has 3 aromatic carbocycles. The van der Waals surface area contributed by atoms with Crippen molar-refractivity contribution in [2.75, 3.05) is 5.32 Å². The topological polar surface area (TPSA) is 118 Å². The molecule has 1 heterocycles. The number of tetrazole rings is 1. The molecule has 0 unspecified atom stereocenters. The predicted octanol–water partition coefficient (Wildman–Crippen LogP) is 2.80. The molecule has 8 heteroatoms. The average molecular weight is 368 g/mol. The van der Waals surface area contributed by atoms with E-state index in [1.165, 1.54) is 4.80 Å². The fraction of sp³-hybridized carbons (Fsp3) is 0.0500. The first kappa shape index (κ1) is 17.3. The molecule has 0 fully saturated rings. The maximum Gasteiger partial charge on any atom is 0.249 e. The summed E-state index contributed by atoms with van der Waals surface area (Å²) in [4.78, 5) is 5.91. The lowest BCUT2D eigenvalue weighted by molar-refractivity contribution is 0.757. The number of nitrogens with two attached hydrogens (primary N) is 1. The van der Waals surface area contributed by atoms with Crippen LogP contribution in [0.1, 0.15) is 11.4 Å². The standard InChI is InChI=1S/C20H16N8/c21-12-14-8-10-16(11-9-14)23-20(28-26-19(13-22)25-27-28)24-18-7-3-5-15-4-1-2-6-17(15)18/h1-11H,13,22H2,(H,23,24). The molecule has 3 N–H and O–H groups in total. The summed E-state index contributed by atoms with van der Waals surface area (Å²) < 4.78 is 0. The van der Waals surface area contributed by atoms with Gasteiger partial charge in [-0.15, -0.1) is 10.2 Å². The highest BCUT2D eigenvalue weighted by atomic mass is 15.6. The van der Waals surface area contributed by atoms with Crippen molar-refractivity contribution >= 4 is 28.1 Å². The molecule has 0 spiro atoms. The summed E-state index contributed by atoms with van der Waals surface area (Å²) in [6.07, 6.45) is 0. The second kappa shape index (κ2) is 7.65. The van der Waals surface area contributed by atoms with Crippen LogP contribution in [0.25, 0.3) is 10.8 Å². The zero-order valence-corrected chi connectivity index (χ0v) is 14.8. The summed E-state index contributed by atoms with van der Waals surface area (Å²) in [5, 5.41) is 26.6. The Balaban J connectivity index is 1.78. The molecule has 1 aromatic heterocycles. The van der Waals surface area contributed by atoms with E-state index in [0.29, 0.717) is 23.0 Å². The third-order valence-corrected chi connectivity index (χ3v) is 4.09. The third-order valence-electron chi connectivity index (χ3n) is 4.09. The fourth-order valence-corrected chi connectivity index (χ4v) is 2.73. The number of rotatable bonds is 3. The van der Waals surface area contributed by atoms with Crippen LogP contribution in [0, 0.1) is 11.3 Å². The fourth-order valence-electron chi connectivity index (χ4n) is 2.73. The minimum atomic E-state index is 0.179. The first-order chi connectivity index (χ1) is 13.8. The van der Waals surface area contributed by atoms with Crippen LogP contribution in [-0.4, -0.2) is 26.2 Å². The summed E-state index contributed by atoms with van der Waals surface area (Å²) in [5.41, 5.74) is 7.67. The lowest BCUT2D eigenvalue weighted by Crippen LogP contribution is -2.24. The van der Waals surface area contributed by atoms with Crippen LogP contribution < -0.4 is 11.1 Å². The van der Waals surface area contributed by atoms with Crippen LogP contribution in [0.5, 0.6) is 0 Å². The van der Waals surface area contributed by atoms with Crippen molar-refractivity contribution in [3.05, 3.63) is 78.1 Å². The Morgan fingerprint density at radius 1 is 1.07 bits per heavy atom. The van der Waals surface area contributed by atoms with E-state index < -0.39 is 0 Å². The Morgan fingerprint density at radius 3 is 2.61 bits per heavy atom. The Bertz CT molecular complexity index is 1180. The van der Waals surface area contributed by atoms with Crippen molar-refractivity contribution in [2.45, 2.75) is 6.54 Å². The summed E-state index contributed by atoms with van der Waals surface area (Å²) >= 11 is 0. The van der Waals surface area contributed by atoms with Gasteiger partial charge in [-0.2, -0.15) is 5.26 Å². The van der Waals surface area contributed by atoms with Crippen LogP contribution in [0.4, 0.5) is 11.4 Å². The van der Waals surface area contributed by atoms with Gasteiger partial charge in [0.25, 0.3) is 0 Å². The Kier molecular flexibility index (Phi) is 4.74. The number of anilines is 1. The first-order valence-corrected chi connectivity index (χ1v) is 8.60. The molecule has 0 saturated heterocycles. The molecule has 8 nitrogen and oxygen atoms in total. The van der Waals surface area contributed by atoms with Crippen LogP contribution in [-0.2, 0) is 6.54 Å². The molecule has 0 saturated carbocycles. The summed E-state index contributed by atoms with van der Waals surface area (Å²) in [6, 6.07) is 23.0. The van der Waals surface area contributed by atoms with Gasteiger partial charge in [-0.05, 0) is 40.9 Å². The van der Waals surface area contributed by atoms with Gasteiger partial charge in [0.05, 0.1) is 23.9 Å². The van der Waals surface area contributed by atoms with Gasteiger partial charge in [0, 0.05) is 11.1 Å². The maximum atomic E-state index is 8.97. The lowest BCUT2D eigenvalue weighted by Gasteiger charge is -2.11. The monoisotopic (exact) mass is 368 g/mol. The summed E-state index contributed by atoms with van der Waals surface area (Å²) in [7, 11) is 0. The molecule has 28 heavy (non-hydrogen) atoms. The molecule has 4 rings (SSSR count). The number of nitriles is 1. The van der Waals surface area contributed by atoms with E-state index in [1.54, 1.807) is 24.3 Å². The van der Waals surface area contributed by atoms with Crippen molar-refractivity contribution in [1.29, 1.82) is 5.26 Å². The Morgan fingerprint density at radius 2 is 1.86 bits per heavy atom. The number of nitrogens with zero attached hydrogens (tertiary/aromatic N) is 6. The molecular weight excluding hydrogens is 352 g/mol. The van der Waals surface area contributed by atoms with Gasteiger partial charge < -0.3 is 11.1 Å². The number of fused-ring (bicyclic) bond motifs is 1. The minimum Gasteiger partial charge on any atom is -0.324 e. The molecule has 0 aliphatic heterocycles. The van der Waals surface area contributed by atoms with E-state index in [0.717, 1.165) is 16.5 Å². The highest BCUT2D eigenvalue weighted by molar-refractivity contribution is 6.04. The SMILES string of the molecule is N#Cc1ccc(N=C(Nc2cccc3ccccc23)n2nnc(CN)n2)cc1. The van der Waals surface area contributed by atoms with Crippen LogP contribution in [0.15, 0.2) is 71.7 Å². The first-order valence-electron chi connectivity index (χ1n) is 8.60. The van der Waals surface area contributed by atoms with E-state index in [9.17, 15) is 0 Å². The number of hydrogen-bond donors (Lipinski definition) is 2. The third kappa shape index (κ3) is 3.56. The van der Waals surface area contributed by atoms with Gasteiger partial charge >= 0.3 is 0 Å². The zero-order chi connectivity index (χ0) is 19.3. The minimum absolute atomic E-state index is 0.179. The summed E-state index contributed by atoms with van der Waals surface area (Å²) in [6.45, 7) is 0.179. The second-order valence-electron chi connectivity index (χ2n) is 5.95. The number of hydrogen-bond acceptors (Lipinski definition) is 6. The van der Waals surface area contributed by atoms with Crippen LogP contribution in [0.3, 0.4) is 0 Å².